The maximum Gasteiger partial charge on any atom is 0.227 e. The van der Waals surface area contributed by atoms with Gasteiger partial charge in [-0.25, -0.2) is 0 Å². The molecule has 1 amide bonds. The van der Waals surface area contributed by atoms with Crippen LogP contribution in [0.5, 0.6) is 0 Å². The van der Waals surface area contributed by atoms with Crippen LogP contribution in [0.4, 0.5) is 0 Å². The molecular formula is C11H20N2O. The van der Waals surface area contributed by atoms with E-state index in [-0.39, 0.29) is 11.3 Å². The first-order chi connectivity index (χ1) is 6.68. The molecule has 2 fully saturated rings. The minimum atomic E-state index is -0.220. The number of rotatable bonds is 3. The number of nitrogens with one attached hydrogen (secondary N) is 1. The molecule has 14 heavy (non-hydrogen) atoms. The van der Waals surface area contributed by atoms with Crippen molar-refractivity contribution in [1.29, 1.82) is 0 Å². The molecule has 2 aliphatic rings. The van der Waals surface area contributed by atoms with Crippen LogP contribution >= 0.6 is 0 Å². The van der Waals surface area contributed by atoms with Crippen LogP contribution < -0.4 is 11.1 Å². The van der Waals surface area contributed by atoms with Crippen molar-refractivity contribution >= 4 is 5.91 Å². The zero-order chi connectivity index (χ0) is 10.2. The molecule has 0 aliphatic heterocycles. The smallest absolute Gasteiger partial charge is 0.227 e. The Morgan fingerprint density at radius 3 is 2.50 bits per heavy atom. The topological polar surface area (TPSA) is 55.1 Å². The number of nitrogens with two attached hydrogens (primary N) is 1. The Labute approximate surface area is 85.4 Å². The van der Waals surface area contributed by atoms with Crippen molar-refractivity contribution in [1.82, 2.24) is 5.32 Å². The average molecular weight is 196 g/mol. The average Bonchev–Trinajstić information content (AvgIpc) is 2.73. The highest BCUT2D eigenvalue weighted by Gasteiger charge is 2.43. The summed E-state index contributed by atoms with van der Waals surface area (Å²) in [6.45, 7) is 2.69. The van der Waals surface area contributed by atoms with Crippen LogP contribution in [0.2, 0.25) is 0 Å². The van der Waals surface area contributed by atoms with Gasteiger partial charge in [-0.15, -0.1) is 0 Å². The van der Waals surface area contributed by atoms with Gasteiger partial charge in [-0.1, -0.05) is 19.8 Å². The molecule has 0 saturated heterocycles. The number of carbonyl (C=O) groups is 1. The van der Waals surface area contributed by atoms with Crippen LogP contribution in [0.1, 0.15) is 39.0 Å². The third kappa shape index (κ3) is 1.65. The van der Waals surface area contributed by atoms with Gasteiger partial charge in [0.25, 0.3) is 0 Å². The Balaban J connectivity index is 1.94. The molecule has 3 nitrogen and oxygen atoms in total. The van der Waals surface area contributed by atoms with Crippen LogP contribution in [0, 0.1) is 11.3 Å². The van der Waals surface area contributed by atoms with Gasteiger partial charge in [-0.3, -0.25) is 4.79 Å². The van der Waals surface area contributed by atoms with Gasteiger partial charge in [-0.2, -0.15) is 0 Å². The third-order valence-electron chi connectivity index (χ3n) is 3.86. The predicted octanol–water partition coefficient (Wildman–Crippen LogP) is 1.03. The Bertz CT molecular complexity index is 233. The van der Waals surface area contributed by atoms with Crippen molar-refractivity contribution in [3.8, 4) is 0 Å². The minimum Gasteiger partial charge on any atom is -0.353 e. The summed E-state index contributed by atoms with van der Waals surface area (Å²) in [6, 6.07) is 0.437. The van der Waals surface area contributed by atoms with Gasteiger partial charge < -0.3 is 11.1 Å². The van der Waals surface area contributed by atoms with Gasteiger partial charge in [0, 0.05) is 12.6 Å². The van der Waals surface area contributed by atoms with Gasteiger partial charge >= 0.3 is 0 Å². The molecule has 80 valence electrons. The van der Waals surface area contributed by atoms with Crippen molar-refractivity contribution in [2.24, 2.45) is 17.1 Å². The highest BCUT2D eigenvalue weighted by Crippen LogP contribution is 2.39. The molecule has 0 spiro atoms. The molecule has 2 saturated carbocycles. The summed E-state index contributed by atoms with van der Waals surface area (Å²) in [5.74, 6) is 0.891. The molecule has 2 aliphatic carbocycles. The van der Waals surface area contributed by atoms with E-state index in [2.05, 4.69) is 12.2 Å². The van der Waals surface area contributed by atoms with Crippen molar-refractivity contribution < 1.29 is 4.79 Å². The number of amides is 1. The van der Waals surface area contributed by atoms with Crippen LogP contribution in [0.15, 0.2) is 0 Å². The Morgan fingerprint density at radius 2 is 2.07 bits per heavy atom. The first-order valence-corrected chi connectivity index (χ1v) is 5.69. The van der Waals surface area contributed by atoms with E-state index in [1.165, 1.54) is 0 Å². The summed E-state index contributed by atoms with van der Waals surface area (Å²) in [6.07, 6.45) is 5.43. The molecule has 3 N–H and O–H groups in total. The molecule has 2 unspecified atom stereocenters. The molecular weight excluding hydrogens is 176 g/mol. The van der Waals surface area contributed by atoms with Gasteiger partial charge in [0.2, 0.25) is 5.91 Å². The van der Waals surface area contributed by atoms with E-state index in [1.807, 2.05) is 0 Å². The lowest BCUT2D eigenvalue weighted by Crippen LogP contribution is -2.45. The fourth-order valence-corrected chi connectivity index (χ4v) is 2.42. The molecule has 2 rings (SSSR count). The molecule has 0 heterocycles. The highest BCUT2D eigenvalue weighted by atomic mass is 16.2. The fourth-order valence-electron chi connectivity index (χ4n) is 2.42. The minimum absolute atomic E-state index is 0.215. The zero-order valence-corrected chi connectivity index (χ0v) is 8.88. The molecule has 0 radical (unpaired) electrons. The van der Waals surface area contributed by atoms with E-state index in [0.717, 1.165) is 32.1 Å². The second-order valence-electron chi connectivity index (χ2n) is 4.98. The highest BCUT2D eigenvalue weighted by molar-refractivity contribution is 5.83. The molecule has 0 aromatic carbocycles. The van der Waals surface area contributed by atoms with E-state index in [1.54, 1.807) is 0 Å². The molecule has 2 atom stereocenters. The van der Waals surface area contributed by atoms with Crippen molar-refractivity contribution in [2.75, 3.05) is 6.54 Å². The second kappa shape index (κ2) is 3.54. The van der Waals surface area contributed by atoms with E-state index < -0.39 is 0 Å². The Hall–Kier alpha value is -0.570. The van der Waals surface area contributed by atoms with Crippen LogP contribution in [-0.4, -0.2) is 18.5 Å². The summed E-state index contributed by atoms with van der Waals surface area (Å²) in [5.41, 5.74) is 5.52. The van der Waals surface area contributed by atoms with Gasteiger partial charge in [0.05, 0.1) is 5.41 Å². The van der Waals surface area contributed by atoms with E-state index in [4.69, 9.17) is 5.73 Å². The number of carbonyl (C=O) groups excluding carboxylic acids is 1. The normalized spacial score (nSPS) is 34.1. The summed E-state index contributed by atoms with van der Waals surface area (Å²) in [7, 11) is 0. The zero-order valence-electron chi connectivity index (χ0n) is 8.88. The van der Waals surface area contributed by atoms with Crippen LogP contribution in [0.25, 0.3) is 0 Å². The molecule has 0 aromatic rings. The number of hydrogen-bond donors (Lipinski definition) is 2. The summed E-state index contributed by atoms with van der Waals surface area (Å²) in [4.78, 5) is 12.0. The quantitative estimate of drug-likeness (QED) is 0.708. The van der Waals surface area contributed by atoms with Crippen molar-refractivity contribution in [3.05, 3.63) is 0 Å². The summed E-state index contributed by atoms with van der Waals surface area (Å²) < 4.78 is 0. The first kappa shape index (κ1) is 9.97. The van der Waals surface area contributed by atoms with Gasteiger partial charge in [0.15, 0.2) is 0 Å². The summed E-state index contributed by atoms with van der Waals surface area (Å²) >= 11 is 0. The Kier molecular flexibility index (Phi) is 2.52. The second-order valence-corrected chi connectivity index (χ2v) is 4.98. The Morgan fingerprint density at radius 1 is 1.50 bits per heavy atom. The third-order valence-corrected chi connectivity index (χ3v) is 3.86. The van der Waals surface area contributed by atoms with E-state index in [0.29, 0.717) is 18.5 Å². The standard InChI is InChI=1S/C11H20N2O/c1-8-6-9(8)13-10(14)11(7-12)4-2-3-5-11/h8-9H,2-7,12H2,1H3,(H,13,14). The fraction of sp³-hybridized carbons (Fsp3) is 0.909. The van der Waals surface area contributed by atoms with Crippen LogP contribution in [-0.2, 0) is 4.79 Å². The largest absolute Gasteiger partial charge is 0.353 e. The maximum atomic E-state index is 12.0. The molecule has 0 aromatic heterocycles. The molecule has 3 heteroatoms. The monoisotopic (exact) mass is 196 g/mol. The van der Waals surface area contributed by atoms with Crippen LogP contribution in [0.3, 0.4) is 0 Å². The maximum absolute atomic E-state index is 12.0. The molecule has 0 bridgehead atoms. The van der Waals surface area contributed by atoms with E-state index >= 15 is 0 Å². The SMILES string of the molecule is CC1CC1NC(=O)C1(CN)CCCC1. The van der Waals surface area contributed by atoms with Crippen molar-refractivity contribution in [3.63, 3.8) is 0 Å². The van der Waals surface area contributed by atoms with Crippen molar-refractivity contribution in [2.45, 2.75) is 45.1 Å². The lowest BCUT2D eigenvalue weighted by Gasteiger charge is -2.25. The van der Waals surface area contributed by atoms with E-state index in [9.17, 15) is 4.79 Å². The predicted molar refractivity (Wildman–Crippen MR) is 55.7 cm³/mol. The first-order valence-electron chi connectivity index (χ1n) is 5.69. The lowest BCUT2D eigenvalue weighted by molar-refractivity contribution is -0.130. The van der Waals surface area contributed by atoms with Gasteiger partial charge in [0.1, 0.15) is 0 Å². The lowest BCUT2D eigenvalue weighted by atomic mass is 9.85. The van der Waals surface area contributed by atoms with Gasteiger partial charge in [-0.05, 0) is 25.2 Å². The number of hydrogen-bond acceptors (Lipinski definition) is 2. The summed E-state index contributed by atoms with van der Waals surface area (Å²) in [5, 5.41) is 3.12.